The van der Waals surface area contributed by atoms with E-state index in [0.717, 1.165) is 12.1 Å². The monoisotopic (exact) mass is 245 g/mol. The molecule has 1 saturated heterocycles. The van der Waals surface area contributed by atoms with Gasteiger partial charge in [-0.15, -0.1) is 11.6 Å². The topological polar surface area (TPSA) is 20.3 Å². The van der Waals surface area contributed by atoms with E-state index in [0.29, 0.717) is 24.5 Å². The van der Waals surface area contributed by atoms with Gasteiger partial charge in [0.25, 0.3) is 0 Å². The van der Waals surface area contributed by atoms with Gasteiger partial charge in [0, 0.05) is 30.6 Å². The highest BCUT2D eigenvalue weighted by atomic mass is 35.5. The summed E-state index contributed by atoms with van der Waals surface area (Å²) < 4.78 is 25.7. The van der Waals surface area contributed by atoms with Crippen molar-refractivity contribution in [2.24, 2.45) is 5.92 Å². The second-order valence-electron chi connectivity index (χ2n) is 3.83. The molecule has 1 aromatic rings. The molecule has 0 spiro atoms. The molecular formula is C11H10ClF2NO. The van der Waals surface area contributed by atoms with Crippen molar-refractivity contribution in [2.75, 3.05) is 17.3 Å². The third-order valence-corrected chi connectivity index (χ3v) is 3.07. The Labute approximate surface area is 96.8 Å². The smallest absolute Gasteiger partial charge is 0.227 e. The largest absolute Gasteiger partial charge is 0.312 e. The van der Waals surface area contributed by atoms with Crippen LogP contribution in [-0.2, 0) is 4.79 Å². The van der Waals surface area contributed by atoms with Crippen LogP contribution in [-0.4, -0.2) is 18.3 Å². The fourth-order valence-electron chi connectivity index (χ4n) is 1.79. The maximum atomic E-state index is 13.0. The fourth-order valence-corrected chi connectivity index (χ4v) is 1.99. The predicted octanol–water partition coefficient (Wildman–Crippen LogP) is 2.56. The summed E-state index contributed by atoms with van der Waals surface area (Å²) in [6, 6.07) is 3.45. The Morgan fingerprint density at radius 1 is 1.38 bits per heavy atom. The van der Waals surface area contributed by atoms with Crippen LogP contribution in [0.1, 0.15) is 6.42 Å². The molecule has 1 atom stereocenters. The molecule has 1 aliphatic heterocycles. The molecule has 5 heteroatoms. The number of anilines is 1. The molecule has 1 aromatic carbocycles. The highest BCUT2D eigenvalue weighted by Crippen LogP contribution is 2.26. The van der Waals surface area contributed by atoms with Crippen LogP contribution in [0.4, 0.5) is 14.5 Å². The number of carbonyl (C=O) groups is 1. The van der Waals surface area contributed by atoms with Gasteiger partial charge in [-0.3, -0.25) is 4.79 Å². The van der Waals surface area contributed by atoms with Gasteiger partial charge in [-0.1, -0.05) is 0 Å². The van der Waals surface area contributed by atoms with Gasteiger partial charge in [-0.2, -0.15) is 0 Å². The SMILES string of the molecule is O=C1CC(CCl)CN1c1ccc(F)c(F)c1. The molecule has 0 radical (unpaired) electrons. The molecule has 0 aliphatic carbocycles. The molecule has 86 valence electrons. The first-order chi connectivity index (χ1) is 7.61. The summed E-state index contributed by atoms with van der Waals surface area (Å²) in [5, 5.41) is 0. The lowest BCUT2D eigenvalue weighted by atomic mass is 10.1. The van der Waals surface area contributed by atoms with E-state index in [4.69, 9.17) is 11.6 Å². The minimum absolute atomic E-state index is 0.0854. The molecule has 1 heterocycles. The van der Waals surface area contributed by atoms with Crippen LogP contribution in [0.3, 0.4) is 0 Å². The van der Waals surface area contributed by atoms with Crippen molar-refractivity contribution in [3.05, 3.63) is 29.8 Å². The van der Waals surface area contributed by atoms with Crippen LogP contribution in [0, 0.1) is 17.6 Å². The second kappa shape index (κ2) is 4.37. The van der Waals surface area contributed by atoms with Crippen LogP contribution >= 0.6 is 11.6 Å². The molecule has 1 amide bonds. The van der Waals surface area contributed by atoms with Crippen molar-refractivity contribution >= 4 is 23.2 Å². The van der Waals surface area contributed by atoms with E-state index in [1.165, 1.54) is 11.0 Å². The molecule has 0 N–H and O–H groups in total. The van der Waals surface area contributed by atoms with Crippen LogP contribution in [0.2, 0.25) is 0 Å². The molecule has 1 fully saturated rings. The number of hydrogen-bond acceptors (Lipinski definition) is 1. The number of alkyl halides is 1. The highest BCUT2D eigenvalue weighted by molar-refractivity contribution is 6.18. The Kier molecular flexibility index (Phi) is 3.10. The summed E-state index contributed by atoms with van der Waals surface area (Å²) in [6.07, 6.45) is 0.364. The van der Waals surface area contributed by atoms with Crippen molar-refractivity contribution in [3.63, 3.8) is 0 Å². The average molecular weight is 246 g/mol. The number of halogens is 3. The number of rotatable bonds is 2. The summed E-state index contributed by atoms with van der Waals surface area (Å²) in [7, 11) is 0. The third-order valence-electron chi connectivity index (χ3n) is 2.64. The quantitative estimate of drug-likeness (QED) is 0.734. The van der Waals surface area contributed by atoms with E-state index in [-0.39, 0.29) is 11.8 Å². The van der Waals surface area contributed by atoms with E-state index in [2.05, 4.69) is 0 Å². The molecule has 0 aromatic heterocycles. The number of carbonyl (C=O) groups excluding carboxylic acids is 1. The Bertz CT molecular complexity index is 424. The fraction of sp³-hybridized carbons (Fsp3) is 0.364. The predicted molar refractivity (Wildman–Crippen MR) is 57.5 cm³/mol. The van der Waals surface area contributed by atoms with E-state index >= 15 is 0 Å². The van der Waals surface area contributed by atoms with Crippen LogP contribution in [0.5, 0.6) is 0 Å². The summed E-state index contributed by atoms with van der Waals surface area (Å²) in [4.78, 5) is 13.0. The summed E-state index contributed by atoms with van der Waals surface area (Å²) in [5.74, 6) is -1.48. The number of hydrogen-bond donors (Lipinski definition) is 0. The lowest BCUT2D eigenvalue weighted by Crippen LogP contribution is -2.24. The molecule has 0 bridgehead atoms. The van der Waals surface area contributed by atoms with Crippen molar-refractivity contribution in [2.45, 2.75) is 6.42 Å². The first-order valence-corrected chi connectivity index (χ1v) is 5.46. The van der Waals surface area contributed by atoms with Gasteiger partial charge in [-0.05, 0) is 18.1 Å². The third kappa shape index (κ3) is 2.02. The van der Waals surface area contributed by atoms with Crippen LogP contribution in [0.15, 0.2) is 18.2 Å². The highest BCUT2D eigenvalue weighted by Gasteiger charge is 2.30. The van der Waals surface area contributed by atoms with Gasteiger partial charge in [0.2, 0.25) is 5.91 Å². The first kappa shape index (κ1) is 11.3. The maximum absolute atomic E-state index is 13.0. The Morgan fingerprint density at radius 3 is 2.69 bits per heavy atom. The molecule has 1 aliphatic rings. The zero-order valence-corrected chi connectivity index (χ0v) is 9.18. The van der Waals surface area contributed by atoms with E-state index in [1.54, 1.807) is 0 Å². The van der Waals surface area contributed by atoms with Gasteiger partial charge >= 0.3 is 0 Å². The lowest BCUT2D eigenvalue weighted by molar-refractivity contribution is -0.117. The van der Waals surface area contributed by atoms with Gasteiger partial charge < -0.3 is 4.90 Å². The van der Waals surface area contributed by atoms with Crippen molar-refractivity contribution < 1.29 is 13.6 Å². The van der Waals surface area contributed by atoms with Crippen LogP contribution in [0.25, 0.3) is 0 Å². The zero-order valence-electron chi connectivity index (χ0n) is 8.42. The Hall–Kier alpha value is -1.16. The summed E-state index contributed by atoms with van der Waals surface area (Å²) >= 11 is 5.67. The number of amides is 1. The van der Waals surface area contributed by atoms with Gasteiger partial charge in [0.05, 0.1) is 0 Å². The minimum atomic E-state index is -0.945. The maximum Gasteiger partial charge on any atom is 0.227 e. The van der Waals surface area contributed by atoms with Crippen molar-refractivity contribution in [1.82, 2.24) is 0 Å². The van der Waals surface area contributed by atoms with Gasteiger partial charge in [0.15, 0.2) is 11.6 Å². The average Bonchev–Trinajstić information content (AvgIpc) is 2.64. The molecule has 0 saturated carbocycles. The molecule has 2 rings (SSSR count). The normalized spacial score (nSPS) is 20.6. The number of benzene rings is 1. The summed E-state index contributed by atoms with van der Waals surface area (Å²) in [6.45, 7) is 0.466. The van der Waals surface area contributed by atoms with Gasteiger partial charge in [-0.25, -0.2) is 8.78 Å². The zero-order chi connectivity index (χ0) is 11.7. The van der Waals surface area contributed by atoms with Gasteiger partial charge in [0.1, 0.15) is 0 Å². The minimum Gasteiger partial charge on any atom is -0.312 e. The van der Waals surface area contributed by atoms with E-state index < -0.39 is 11.6 Å². The molecule has 2 nitrogen and oxygen atoms in total. The van der Waals surface area contributed by atoms with Crippen molar-refractivity contribution in [3.8, 4) is 0 Å². The first-order valence-electron chi connectivity index (χ1n) is 4.93. The van der Waals surface area contributed by atoms with Crippen LogP contribution < -0.4 is 4.90 Å². The van der Waals surface area contributed by atoms with Crippen molar-refractivity contribution in [1.29, 1.82) is 0 Å². The lowest BCUT2D eigenvalue weighted by Gasteiger charge is -2.16. The van der Waals surface area contributed by atoms with E-state index in [1.807, 2.05) is 0 Å². The molecule has 1 unspecified atom stereocenters. The molecular weight excluding hydrogens is 236 g/mol. The summed E-state index contributed by atoms with van der Waals surface area (Å²) in [5.41, 5.74) is 0.386. The number of nitrogens with zero attached hydrogens (tertiary/aromatic N) is 1. The standard InChI is InChI=1S/C11H10ClF2NO/c12-5-7-3-11(16)15(6-7)8-1-2-9(13)10(14)4-8/h1-2,4,7H,3,5-6H2. The molecule has 16 heavy (non-hydrogen) atoms. The van der Waals surface area contributed by atoms with E-state index in [9.17, 15) is 13.6 Å². The Balaban J connectivity index is 2.24. The second-order valence-corrected chi connectivity index (χ2v) is 4.14. The Morgan fingerprint density at radius 2 is 2.12 bits per heavy atom.